The molecule has 4 aliphatic carbocycles. The molecule has 4 aliphatic rings. The summed E-state index contributed by atoms with van der Waals surface area (Å²) in [6, 6.07) is 3.97. The van der Waals surface area contributed by atoms with E-state index in [1.165, 1.54) is 57.8 Å². The number of hydrogen-bond donors (Lipinski definition) is 2. The summed E-state index contributed by atoms with van der Waals surface area (Å²) in [6.45, 7) is 0.532. The van der Waals surface area contributed by atoms with Crippen molar-refractivity contribution in [3.05, 3.63) is 33.9 Å². The Bertz CT molecular complexity index is 802. The van der Waals surface area contributed by atoms with Gasteiger partial charge in [0.05, 0.1) is 18.6 Å². The van der Waals surface area contributed by atoms with Crippen molar-refractivity contribution in [2.75, 3.05) is 20.2 Å². The van der Waals surface area contributed by atoms with E-state index in [0.29, 0.717) is 6.54 Å². The van der Waals surface area contributed by atoms with Crippen LogP contribution in [-0.2, 0) is 4.79 Å². The van der Waals surface area contributed by atoms with Crippen molar-refractivity contribution < 1.29 is 19.2 Å². The first-order valence-electron chi connectivity index (χ1n) is 10.2. The van der Waals surface area contributed by atoms with Gasteiger partial charge in [0.15, 0.2) is 5.75 Å². The molecule has 0 spiro atoms. The third-order valence-corrected chi connectivity index (χ3v) is 6.87. The maximum absolute atomic E-state index is 12.3. The lowest BCUT2D eigenvalue weighted by molar-refractivity contribution is -0.385. The van der Waals surface area contributed by atoms with Crippen LogP contribution in [0.5, 0.6) is 5.75 Å². The Morgan fingerprint density at radius 2 is 1.76 bits per heavy atom. The number of carbonyl (C=O) groups excluding carboxylic acids is 2. The molecule has 1 aromatic carbocycles. The molecular weight excluding hydrogens is 374 g/mol. The van der Waals surface area contributed by atoms with E-state index in [1.54, 1.807) is 0 Å². The number of nitrogens with zero attached hydrogens (tertiary/aromatic N) is 1. The van der Waals surface area contributed by atoms with Crippen LogP contribution in [-0.4, -0.2) is 36.9 Å². The van der Waals surface area contributed by atoms with Crippen LogP contribution < -0.4 is 15.4 Å². The molecule has 2 N–H and O–H groups in total. The molecular formula is C21H27N3O5. The maximum Gasteiger partial charge on any atom is 0.311 e. The number of hydrogen-bond acceptors (Lipinski definition) is 5. The zero-order valence-electron chi connectivity index (χ0n) is 16.6. The summed E-state index contributed by atoms with van der Waals surface area (Å²) in [4.78, 5) is 35.1. The molecule has 0 heterocycles. The van der Waals surface area contributed by atoms with Crippen molar-refractivity contribution in [3.8, 4) is 5.75 Å². The van der Waals surface area contributed by atoms with Gasteiger partial charge < -0.3 is 15.4 Å². The second-order valence-corrected chi connectivity index (χ2v) is 9.02. The average molecular weight is 401 g/mol. The van der Waals surface area contributed by atoms with Crippen LogP contribution in [0.2, 0.25) is 0 Å². The Morgan fingerprint density at radius 3 is 2.31 bits per heavy atom. The fourth-order valence-electron chi connectivity index (χ4n) is 6.09. The molecule has 0 aromatic heterocycles. The Morgan fingerprint density at radius 1 is 1.14 bits per heavy atom. The third kappa shape index (κ3) is 4.06. The normalized spacial score (nSPS) is 29.3. The van der Waals surface area contributed by atoms with Crippen molar-refractivity contribution in [2.24, 2.45) is 23.2 Å². The largest absolute Gasteiger partial charge is 0.490 e. The Labute approximate surface area is 169 Å². The molecule has 4 fully saturated rings. The van der Waals surface area contributed by atoms with Crippen LogP contribution in [0.25, 0.3) is 0 Å². The van der Waals surface area contributed by atoms with E-state index >= 15 is 0 Å². The number of benzene rings is 1. The third-order valence-electron chi connectivity index (χ3n) is 6.87. The number of rotatable bonds is 7. The summed E-state index contributed by atoms with van der Waals surface area (Å²) in [5, 5.41) is 16.7. The molecule has 156 valence electrons. The Kier molecular flexibility index (Phi) is 5.19. The number of nitro groups is 1. The van der Waals surface area contributed by atoms with Gasteiger partial charge in [0, 0.05) is 18.2 Å². The van der Waals surface area contributed by atoms with E-state index < -0.39 is 10.8 Å². The van der Waals surface area contributed by atoms with Crippen molar-refractivity contribution in [3.63, 3.8) is 0 Å². The van der Waals surface area contributed by atoms with Gasteiger partial charge in [-0.15, -0.1) is 0 Å². The van der Waals surface area contributed by atoms with E-state index in [4.69, 9.17) is 4.74 Å². The van der Waals surface area contributed by atoms with Crippen LogP contribution in [0.3, 0.4) is 0 Å². The second-order valence-electron chi connectivity index (χ2n) is 9.02. The van der Waals surface area contributed by atoms with Gasteiger partial charge in [-0.2, -0.15) is 0 Å². The molecule has 2 amide bonds. The smallest absolute Gasteiger partial charge is 0.311 e. The standard InChI is InChI=1S/C21H27N3O5/c1-29-18-3-2-16(7-17(18)24(27)28)20(26)22-11-19(25)23-12-21-8-13-4-14(9-21)6-15(5-13)10-21/h2-3,7,13-15H,4-6,8-12H2,1H3,(H,22,26)(H,23,25). The van der Waals surface area contributed by atoms with Gasteiger partial charge in [-0.1, -0.05) is 0 Å². The van der Waals surface area contributed by atoms with Crippen LogP contribution in [0.1, 0.15) is 48.9 Å². The van der Waals surface area contributed by atoms with Crippen LogP contribution in [0, 0.1) is 33.3 Å². The first-order valence-corrected chi connectivity index (χ1v) is 10.2. The Balaban J connectivity index is 1.29. The minimum Gasteiger partial charge on any atom is -0.490 e. The van der Waals surface area contributed by atoms with Crippen LogP contribution in [0.15, 0.2) is 18.2 Å². The highest BCUT2D eigenvalue weighted by atomic mass is 16.6. The average Bonchev–Trinajstić information content (AvgIpc) is 2.69. The van der Waals surface area contributed by atoms with Gasteiger partial charge in [-0.25, -0.2) is 0 Å². The molecule has 29 heavy (non-hydrogen) atoms. The molecule has 4 bridgehead atoms. The summed E-state index contributed by atoms with van der Waals surface area (Å²) in [5.74, 6) is 1.80. The number of nitrogens with one attached hydrogen (secondary N) is 2. The van der Waals surface area contributed by atoms with E-state index in [9.17, 15) is 19.7 Å². The lowest BCUT2D eigenvalue weighted by Gasteiger charge is -2.56. The first-order chi connectivity index (χ1) is 13.9. The zero-order chi connectivity index (χ0) is 20.6. The number of ether oxygens (including phenoxy) is 1. The fourth-order valence-corrected chi connectivity index (χ4v) is 6.09. The fraction of sp³-hybridized carbons (Fsp3) is 0.619. The van der Waals surface area contributed by atoms with Gasteiger partial charge in [0.2, 0.25) is 5.91 Å². The van der Waals surface area contributed by atoms with Gasteiger partial charge in [-0.05, 0) is 73.8 Å². The molecule has 0 unspecified atom stereocenters. The van der Waals surface area contributed by atoms with E-state index in [2.05, 4.69) is 10.6 Å². The van der Waals surface area contributed by atoms with Gasteiger partial charge in [0.1, 0.15) is 0 Å². The van der Waals surface area contributed by atoms with E-state index in [0.717, 1.165) is 23.8 Å². The van der Waals surface area contributed by atoms with E-state index in [-0.39, 0.29) is 34.9 Å². The second kappa shape index (κ2) is 7.65. The lowest BCUT2D eigenvalue weighted by Crippen LogP contribution is -2.52. The topological polar surface area (TPSA) is 111 Å². The number of nitro benzene ring substituents is 1. The molecule has 5 rings (SSSR count). The summed E-state index contributed by atoms with van der Waals surface area (Å²) in [7, 11) is 1.33. The van der Waals surface area contributed by atoms with Gasteiger partial charge >= 0.3 is 5.69 Å². The van der Waals surface area contributed by atoms with Crippen LogP contribution >= 0.6 is 0 Å². The summed E-state index contributed by atoms with van der Waals surface area (Å²) in [6.07, 6.45) is 7.70. The van der Waals surface area contributed by atoms with Crippen molar-refractivity contribution >= 4 is 17.5 Å². The molecule has 0 radical (unpaired) electrons. The lowest BCUT2D eigenvalue weighted by atomic mass is 9.49. The number of amides is 2. The molecule has 0 aliphatic heterocycles. The van der Waals surface area contributed by atoms with Crippen molar-refractivity contribution in [1.29, 1.82) is 0 Å². The minimum absolute atomic E-state index is 0.0832. The van der Waals surface area contributed by atoms with Crippen molar-refractivity contribution in [1.82, 2.24) is 10.6 Å². The van der Waals surface area contributed by atoms with E-state index in [1.807, 2.05) is 0 Å². The number of methoxy groups -OCH3 is 1. The SMILES string of the molecule is COc1ccc(C(=O)NCC(=O)NCC23CC4CC(CC(C4)C2)C3)cc1[N+](=O)[O-]. The van der Waals surface area contributed by atoms with Crippen molar-refractivity contribution in [2.45, 2.75) is 38.5 Å². The number of carbonyl (C=O) groups is 2. The summed E-state index contributed by atoms with van der Waals surface area (Å²) >= 11 is 0. The monoisotopic (exact) mass is 401 g/mol. The molecule has 4 saturated carbocycles. The highest BCUT2D eigenvalue weighted by molar-refractivity contribution is 5.97. The van der Waals surface area contributed by atoms with Gasteiger partial charge in [-0.3, -0.25) is 19.7 Å². The summed E-state index contributed by atoms with van der Waals surface area (Å²) < 4.78 is 4.93. The van der Waals surface area contributed by atoms with Gasteiger partial charge in [0.25, 0.3) is 5.91 Å². The molecule has 1 aromatic rings. The molecule has 0 atom stereocenters. The van der Waals surface area contributed by atoms with Crippen LogP contribution in [0.4, 0.5) is 5.69 Å². The maximum atomic E-state index is 12.3. The quantitative estimate of drug-likeness (QED) is 0.539. The predicted molar refractivity (Wildman–Crippen MR) is 106 cm³/mol. The summed E-state index contributed by atoms with van der Waals surface area (Å²) in [5.41, 5.74) is 0.0724. The molecule has 8 nitrogen and oxygen atoms in total. The highest BCUT2D eigenvalue weighted by Crippen LogP contribution is 2.59. The minimum atomic E-state index is -0.603. The molecule has 0 saturated heterocycles. The molecule has 8 heteroatoms. The Hall–Kier alpha value is -2.64. The first kappa shape index (κ1) is 19.7. The predicted octanol–water partition coefficient (Wildman–Crippen LogP) is 2.67. The zero-order valence-corrected chi connectivity index (χ0v) is 16.6. The highest BCUT2D eigenvalue weighted by Gasteiger charge is 2.50.